The second kappa shape index (κ2) is 7.04. The van der Waals surface area contributed by atoms with Gasteiger partial charge in [0.05, 0.1) is 0 Å². The number of piperazine rings is 1. The molecule has 2 rings (SSSR count). The van der Waals surface area contributed by atoms with Crippen molar-refractivity contribution < 1.29 is 9.59 Å². The van der Waals surface area contributed by atoms with E-state index in [1.807, 2.05) is 9.80 Å². The van der Waals surface area contributed by atoms with Gasteiger partial charge in [-0.15, -0.1) is 0 Å². The lowest BCUT2D eigenvalue weighted by Gasteiger charge is -2.35. The third kappa shape index (κ3) is 4.18. The van der Waals surface area contributed by atoms with Crippen LogP contribution in [0.4, 0.5) is 0 Å². The molecule has 0 spiro atoms. The molecule has 20 heavy (non-hydrogen) atoms. The van der Waals surface area contributed by atoms with Crippen LogP contribution in [0.5, 0.6) is 0 Å². The van der Waals surface area contributed by atoms with E-state index in [1.54, 1.807) is 6.92 Å². The Labute approximate surface area is 120 Å². The van der Waals surface area contributed by atoms with Crippen LogP contribution < -0.4 is 5.73 Å². The van der Waals surface area contributed by atoms with Crippen molar-refractivity contribution >= 4 is 11.8 Å². The molecule has 2 aliphatic heterocycles. The van der Waals surface area contributed by atoms with Gasteiger partial charge in [-0.05, 0) is 12.8 Å². The van der Waals surface area contributed by atoms with Gasteiger partial charge in [0.25, 0.3) is 0 Å². The minimum atomic E-state index is 0.144. The predicted octanol–water partition coefficient (Wildman–Crippen LogP) is -0.510. The molecule has 0 atom stereocenters. The van der Waals surface area contributed by atoms with Crippen LogP contribution in [0.25, 0.3) is 0 Å². The minimum absolute atomic E-state index is 0.144. The summed E-state index contributed by atoms with van der Waals surface area (Å²) >= 11 is 0. The molecule has 0 aromatic carbocycles. The Hall–Kier alpha value is -1.14. The molecule has 0 aromatic heterocycles. The predicted molar refractivity (Wildman–Crippen MR) is 77.1 cm³/mol. The first-order valence-corrected chi connectivity index (χ1v) is 7.57. The van der Waals surface area contributed by atoms with Gasteiger partial charge in [0.15, 0.2) is 0 Å². The van der Waals surface area contributed by atoms with Crippen molar-refractivity contribution in [3.05, 3.63) is 0 Å². The Bertz CT molecular complexity index is 345. The molecule has 6 nitrogen and oxygen atoms in total. The average molecular weight is 282 g/mol. The number of carbonyl (C=O) groups excluding carboxylic acids is 2. The first-order chi connectivity index (χ1) is 9.56. The monoisotopic (exact) mass is 282 g/mol. The minimum Gasteiger partial charge on any atom is -0.343 e. The van der Waals surface area contributed by atoms with Crippen molar-refractivity contribution in [2.24, 2.45) is 5.73 Å². The summed E-state index contributed by atoms with van der Waals surface area (Å²) in [5.74, 6) is 0.385. The molecule has 2 saturated heterocycles. The zero-order chi connectivity index (χ0) is 14.5. The summed E-state index contributed by atoms with van der Waals surface area (Å²) in [6.07, 6.45) is 2.42. The van der Waals surface area contributed by atoms with Crippen molar-refractivity contribution in [2.45, 2.75) is 32.2 Å². The molecule has 0 unspecified atom stereocenters. The lowest BCUT2D eigenvalue weighted by Crippen LogP contribution is -2.49. The highest BCUT2D eigenvalue weighted by atomic mass is 16.2. The SMILES string of the molecule is CC(=O)N1CCN(CCC(=O)N2CCC(N)CC2)CC1. The number of likely N-dealkylation sites (tertiary alicyclic amines) is 1. The third-order valence-corrected chi connectivity index (χ3v) is 4.35. The van der Waals surface area contributed by atoms with Gasteiger partial charge in [-0.1, -0.05) is 0 Å². The highest BCUT2D eigenvalue weighted by Gasteiger charge is 2.22. The Kier molecular flexibility index (Phi) is 5.37. The van der Waals surface area contributed by atoms with Crippen molar-refractivity contribution in [3.8, 4) is 0 Å². The molecule has 2 fully saturated rings. The van der Waals surface area contributed by atoms with E-state index < -0.39 is 0 Å². The first-order valence-electron chi connectivity index (χ1n) is 7.57. The van der Waals surface area contributed by atoms with E-state index in [4.69, 9.17) is 5.73 Å². The van der Waals surface area contributed by atoms with Gasteiger partial charge in [-0.25, -0.2) is 0 Å². The summed E-state index contributed by atoms with van der Waals surface area (Å²) in [7, 11) is 0. The second-order valence-electron chi connectivity index (χ2n) is 5.82. The van der Waals surface area contributed by atoms with E-state index in [9.17, 15) is 9.59 Å². The maximum atomic E-state index is 12.1. The van der Waals surface area contributed by atoms with Crippen LogP contribution in [-0.4, -0.2) is 78.4 Å². The number of piperidine rings is 1. The van der Waals surface area contributed by atoms with Crippen LogP contribution in [-0.2, 0) is 9.59 Å². The van der Waals surface area contributed by atoms with Crippen LogP contribution in [0.15, 0.2) is 0 Å². The van der Waals surface area contributed by atoms with E-state index in [-0.39, 0.29) is 17.9 Å². The molecule has 0 radical (unpaired) electrons. The number of nitrogens with zero attached hydrogens (tertiary/aromatic N) is 3. The molecule has 114 valence electrons. The average Bonchev–Trinajstić information content (AvgIpc) is 2.46. The molecule has 0 aliphatic carbocycles. The van der Waals surface area contributed by atoms with Crippen molar-refractivity contribution in [1.29, 1.82) is 0 Å². The van der Waals surface area contributed by atoms with Crippen molar-refractivity contribution in [2.75, 3.05) is 45.8 Å². The summed E-state index contributed by atoms with van der Waals surface area (Å²) < 4.78 is 0. The molecule has 2 aliphatic rings. The van der Waals surface area contributed by atoms with Gasteiger partial charge < -0.3 is 15.5 Å². The van der Waals surface area contributed by atoms with Gasteiger partial charge in [-0.3, -0.25) is 14.5 Å². The number of hydrogen-bond donors (Lipinski definition) is 1. The smallest absolute Gasteiger partial charge is 0.223 e. The number of rotatable bonds is 3. The third-order valence-electron chi connectivity index (χ3n) is 4.35. The summed E-state index contributed by atoms with van der Waals surface area (Å²) in [6.45, 7) is 7.32. The highest BCUT2D eigenvalue weighted by Crippen LogP contribution is 2.10. The van der Waals surface area contributed by atoms with Crippen molar-refractivity contribution in [1.82, 2.24) is 14.7 Å². The van der Waals surface area contributed by atoms with E-state index >= 15 is 0 Å². The lowest BCUT2D eigenvalue weighted by atomic mass is 10.1. The Morgan fingerprint density at radius 2 is 1.60 bits per heavy atom. The molecule has 0 bridgehead atoms. The van der Waals surface area contributed by atoms with Gasteiger partial charge in [0.1, 0.15) is 0 Å². The van der Waals surface area contributed by atoms with Crippen LogP contribution in [0.3, 0.4) is 0 Å². The quantitative estimate of drug-likeness (QED) is 0.757. The van der Waals surface area contributed by atoms with E-state index in [0.717, 1.165) is 58.7 Å². The molecule has 2 N–H and O–H groups in total. The fourth-order valence-corrected chi connectivity index (χ4v) is 2.85. The van der Waals surface area contributed by atoms with Gasteiger partial charge in [0.2, 0.25) is 11.8 Å². The largest absolute Gasteiger partial charge is 0.343 e. The topological polar surface area (TPSA) is 69.9 Å². The van der Waals surface area contributed by atoms with Gasteiger partial charge in [0, 0.05) is 65.2 Å². The zero-order valence-electron chi connectivity index (χ0n) is 12.4. The number of nitrogens with two attached hydrogens (primary N) is 1. The van der Waals surface area contributed by atoms with E-state index in [0.29, 0.717) is 6.42 Å². The molecular weight excluding hydrogens is 256 g/mol. The maximum Gasteiger partial charge on any atom is 0.223 e. The molecule has 2 heterocycles. The van der Waals surface area contributed by atoms with E-state index in [2.05, 4.69) is 4.90 Å². The molecule has 6 heteroatoms. The van der Waals surface area contributed by atoms with Crippen LogP contribution in [0, 0.1) is 0 Å². The molecule has 0 saturated carbocycles. The number of amides is 2. The van der Waals surface area contributed by atoms with Crippen LogP contribution in [0.1, 0.15) is 26.2 Å². The van der Waals surface area contributed by atoms with Crippen LogP contribution >= 0.6 is 0 Å². The normalized spacial score (nSPS) is 22.1. The fraction of sp³-hybridized carbons (Fsp3) is 0.857. The van der Waals surface area contributed by atoms with Crippen LogP contribution in [0.2, 0.25) is 0 Å². The first kappa shape index (κ1) is 15.3. The summed E-state index contributed by atoms with van der Waals surface area (Å²) in [4.78, 5) is 29.4. The molecule has 0 aromatic rings. The lowest BCUT2D eigenvalue weighted by molar-refractivity contribution is -0.134. The standard InChI is InChI=1S/C14H26N4O2/c1-12(19)17-10-8-16(9-11-17)5-4-14(20)18-6-2-13(15)3-7-18/h13H,2-11,15H2,1H3. The van der Waals surface area contributed by atoms with Gasteiger partial charge >= 0.3 is 0 Å². The summed E-state index contributed by atoms with van der Waals surface area (Å²) in [5.41, 5.74) is 5.85. The summed E-state index contributed by atoms with van der Waals surface area (Å²) in [5, 5.41) is 0. The fourth-order valence-electron chi connectivity index (χ4n) is 2.85. The van der Waals surface area contributed by atoms with Crippen molar-refractivity contribution in [3.63, 3.8) is 0 Å². The molecular formula is C14H26N4O2. The second-order valence-corrected chi connectivity index (χ2v) is 5.82. The Morgan fingerprint density at radius 1 is 1.00 bits per heavy atom. The van der Waals surface area contributed by atoms with E-state index in [1.165, 1.54) is 0 Å². The van der Waals surface area contributed by atoms with Gasteiger partial charge in [-0.2, -0.15) is 0 Å². The zero-order valence-corrected chi connectivity index (χ0v) is 12.4. The highest BCUT2D eigenvalue weighted by molar-refractivity contribution is 5.76. The number of carbonyl (C=O) groups is 2. The Morgan fingerprint density at radius 3 is 2.15 bits per heavy atom. The number of hydrogen-bond acceptors (Lipinski definition) is 4. The summed E-state index contributed by atoms with van der Waals surface area (Å²) in [6, 6.07) is 0.263. The Balaban J connectivity index is 1.65. The maximum absolute atomic E-state index is 12.1. The molecule has 2 amide bonds.